The summed E-state index contributed by atoms with van der Waals surface area (Å²) in [6.45, 7) is 2.44. The molecule has 30 heavy (non-hydrogen) atoms. The standard InChI is InChI=1S/C24H22N2O4/c1-2-30-18-10-8-17(9-11-18)25-23(28)20-14-19-21(26-24(20)29)12-16(13-22(19)27)15-6-4-3-5-7-15/h3-11,14,16H,2,12-13H2,1H3,(H,25,28)(H,26,29). The molecule has 4 rings (SSSR count). The van der Waals surface area contributed by atoms with Gasteiger partial charge in [0.05, 0.1) is 6.61 Å². The highest BCUT2D eigenvalue weighted by atomic mass is 16.5. The number of ether oxygens (including phenoxy) is 1. The fourth-order valence-corrected chi connectivity index (χ4v) is 3.76. The number of fused-ring (bicyclic) bond motifs is 1. The SMILES string of the molecule is CCOc1ccc(NC(=O)c2cc3c([nH]c2=O)CC(c2ccccc2)CC3=O)cc1. The molecule has 2 N–H and O–H groups in total. The van der Waals surface area contributed by atoms with Crippen LogP contribution in [0.1, 0.15) is 51.2 Å². The van der Waals surface area contributed by atoms with Gasteiger partial charge in [-0.3, -0.25) is 14.4 Å². The number of amides is 1. The van der Waals surface area contributed by atoms with Crippen molar-refractivity contribution in [1.29, 1.82) is 0 Å². The molecule has 1 atom stereocenters. The minimum absolute atomic E-state index is 0.0189. The van der Waals surface area contributed by atoms with Crippen LogP contribution in [-0.4, -0.2) is 23.3 Å². The van der Waals surface area contributed by atoms with Gasteiger partial charge in [0.1, 0.15) is 11.3 Å². The maximum atomic E-state index is 12.7. The molecule has 6 nitrogen and oxygen atoms in total. The van der Waals surface area contributed by atoms with Crippen LogP contribution in [0.15, 0.2) is 65.5 Å². The largest absolute Gasteiger partial charge is 0.494 e. The van der Waals surface area contributed by atoms with Gasteiger partial charge in [-0.1, -0.05) is 30.3 Å². The van der Waals surface area contributed by atoms with Crippen LogP contribution in [0, 0.1) is 0 Å². The maximum Gasteiger partial charge on any atom is 0.261 e. The zero-order valence-electron chi connectivity index (χ0n) is 16.6. The second kappa shape index (κ2) is 8.37. The smallest absolute Gasteiger partial charge is 0.261 e. The van der Waals surface area contributed by atoms with E-state index in [1.165, 1.54) is 6.07 Å². The lowest BCUT2D eigenvalue weighted by Gasteiger charge is -2.24. The van der Waals surface area contributed by atoms with E-state index in [1.807, 2.05) is 37.3 Å². The number of aromatic amines is 1. The second-order valence-electron chi connectivity index (χ2n) is 7.25. The number of ketones is 1. The van der Waals surface area contributed by atoms with Crippen molar-refractivity contribution in [2.24, 2.45) is 0 Å². The summed E-state index contributed by atoms with van der Waals surface area (Å²) in [7, 11) is 0. The highest BCUT2D eigenvalue weighted by Gasteiger charge is 2.28. The minimum Gasteiger partial charge on any atom is -0.494 e. The average Bonchev–Trinajstić information content (AvgIpc) is 2.75. The van der Waals surface area contributed by atoms with Crippen molar-refractivity contribution in [3.8, 4) is 5.75 Å². The number of anilines is 1. The summed E-state index contributed by atoms with van der Waals surface area (Å²) < 4.78 is 5.38. The second-order valence-corrected chi connectivity index (χ2v) is 7.25. The number of H-pyrrole nitrogens is 1. The Balaban J connectivity index is 1.56. The highest BCUT2D eigenvalue weighted by Crippen LogP contribution is 2.31. The molecule has 0 radical (unpaired) electrons. The van der Waals surface area contributed by atoms with E-state index in [1.54, 1.807) is 24.3 Å². The number of pyridine rings is 1. The number of aromatic nitrogens is 1. The van der Waals surface area contributed by atoms with Crippen LogP contribution in [0.25, 0.3) is 0 Å². The van der Waals surface area contributed by atoms with Crippen LogP contribution in [0.2, 0.25) is 0 Å². The zero-order valence-corrected chi connectivity index (χ0v) is 16.6. The van der Waals surface area contributed by atoms with Crippen LogP contribution in [0.3, 0.4) is 0 Å². The first-order valence-electron chi connectivity index (χ1n) is 9.93. The monoisotopic (exact) mass is 402 g/mol. The molecule has 1 heterocycles. The third-order valence-electron chi connectivity index (χ3n) is 5.24. The quantitative estimate of drug-likeness (QED) is 0.677. The van der Waals surface area contributed by atoms with Crippen LogP contribution >= 0.6 is 0 Å². The minimum atomic E-state index is -0.554. The lowest BCUT2D eigenvalue weighted by Crippen LogP contribution is -2.29. The molecule has 2 aromatic carbocycles. The van der Waals surface area contributed by atoms with Crippen molar-refractivity contribution in [2.45, 2.75) is 25.7 Å². The van der Waals surface area contributed by atoms with Gasteiger partial charge in [0, 0.05) is 23.4 Å². The molecule has 1 amide bonds. The third kappa shape index (κ3) is 4.03. The van der Waals surface area contributed by atoms with Gasteiger partial charge in [0.15, 0.2) is 5.78 Å². The van der Waals surface area contributed by atoms with E-state index >= 15 is 0 Å². The Labute approximate surface area is 173 Å². The van der Waals surface area contributed by atoms with E-state index in [9.17, 15) is 14.4 Å². The topological polar surface area (TPSA) is 88.3 Å². The molecule has 0 saturated heterocycles. The van der Waals surface area contributed by atoms with E-state index in [4.69, 9.17) is 4.74 Å². The van der Waals surface area contributed by atoms with E-state index in [-0.39, 0.29) is 17.3 Å². The Hall–Kier alpha value is -3.67. The van der Waals surface area contributed by atoms with Crippen LogP contribution in [0.5, 0.6) is 5.75 Å². The Bertz CT molecular complexity index is 1130. The van der Waals surface area contributed by atoms with Crippen molar-refractivity contribution in [1.82, 2.24) is 4.98 Å². The number of Topliss-reactive ketones (excluding diaryl/α,β-unsaturated/α-hetero) is 1. The lowest BCUT2D eigenvalue weighted by molar-refractivity contribution is 0.0963. The maximum absolute atomic E-state index is 12.7. The summed E-state index contributed by atoms with van der Waals surface area (Å²) in [5.41, 5.74) is 2.03. The molecule has 0 aliphatic heterocycles. The first-order chi connectivity index (χ1) is 14.5. The summed E-state index contributed by atoms with van der Waals surface area (Å²) in [6.07, 6.45) is 0.907. The fraction of sp³-hybridized carbons (Fsp3) is 0.208. The van der Waals surface area contributed by atoms with Gasteiger partial charge in [0.2, 0.25) is 0 Å². The van der Waals surface area contributed by atoms with Gasteiger partial charge in [-0.25, -0.2) is 0 Å². The number of carbonyl (C=O) groups excluding carboxylic acids is 2. The summed E-state index contributed by atoms with van der Waals surface area (Å²) in [5.74, 6) is 0.0868. The number of carbonyl (C=O) groups is 2. The first-order valence-corrected chi connectivity index (χ1v) is 9.93. The molecule has 0 spiro atoms. The van der Waals surface area contributed by atoms with E-state index in [0.29, 0.717) is 42.1 Å². The molecule has 6 heteroatoms. The highest BCUT2D eigenvalue weighted by molar-refractivity contribution is 6.06. The van der Waals surface area contributed by atoms with Crippen molar-refractivity contribution in [3.63, 3.8) is 0 Å². The molecule has 1 aromatic heterocycles. The first kappa shape index (κ1) is 19.6. The molecular weight excluding hydrogens is 380 g/mol. The number of hydrogen-bond donors (Lipinski definition) is 2. The van der Waals surface area contributed by atoms with Crippen molar-refractivity contribution >= 4 is 17.4 Å². The van der Waals surface area contributed by atoms with Gasteiger partial charge in [0.25, 0.3) is 11.5 Å². The predicted molar refractivity (Wildman–Crippen MR) is 114 cm³/mol. The Morgan fingerprint density at radius 3 is 2.50 bits per heavy atom. The number of nitrogens with one attached hydrogen (secondary N) is 2. The molecule has 0 bridgehead atoms. The normalized spacial score (nSPS) is 15.4. The van der Waals surface area contributed by atoms with Gasteiger partial charge < -0.3 is 15.0 Å². The summed E-state index contributed by atoms with van der Waals surface area (Å²) >= 11 is 0. The Kier molecular flexibility index (Phi) is 5.48. The molecule has 0 saturated carbocycles. The van der Waals surface area contributed by atoms with Gasteiger partial charge in [-0.15, -0.1) is 0 Å². The number of benzene rings is 2. The Morgan fingerprint density at radius 2 is 1.80 bits per heavy atom. The van der Waals surface area contributed by atoms with Crippen LogP contribution in [-0.2, 0) is 6.42 Å². The van der Waals surface area contributed by atoms with Gasteiger partial charge in [-0.2, -0.15) is 0 Å². The summed E-state index contributed by atoms with van der Waals surface area (Å²) in [5, 5.41) is 2.70. The van der Waals surface area contributed by atoms with Crippen molar-refractivity contribution in [3.05, 3.63) is 93.4 Å². The molecule has 1 unspecified atom stereocenters. The summed E-state index contributed by atoms with van der Waals surface area (Å²) in [4.78, 5) is 40.7. The van der Waals surface area contributed by atoms with Gasteiger partial charge in [-0.05, 0) is 55.2 Å². The van der Waals surface area contributed by atoms with Crippen molar-refractivity contribution < 1.29 is 14.3 Å². The molecule has 152 valence electrons. The zero-order chi connectivity index (χ0) is 21.1. The predicted octanol–water partition coefficient (Wildman–Crippen LogP) is 3.94. The van der Waals surface area contributed by atoms with E-state index in [0.717, 1.165) is 5.56 Å². The number of rotatable bonds is 5. The van der Waals surface area contributed by atoms with E-state index in [2.05, 4.69) is 10.3 Å². The summed E-state index contributed by atoms with van der Waals surface area (Å²) in [6, 6.07) is 18.1. The van der Waals surface area contributed by atoms with Gasteiger partial charge >= 0.3 is 0 Å². The molecule has 1 aliphatic rings. The molecule has 0 fully saturated rings. The molecular formula is C24H22N2O4. The molecule has 1 aliphatic carbocycles. The third-order valence-corrected chi connectivity index (χ3v) is 5.24. The molecule has 3 aromatic rings. The van der Waals surface area contributed by atoms with Crippen LogP contribution in [0.4, 0.5) is 5.69 Å². The average molecular weight is 402 g/mol. The van der Waals surface area contributed by atoms with Crippen molar-refractivity contribution in [2.75, 3.05) is 11.9 Å². The Morgan fingerprint density at radius 1 is 1.07 bits per heavy atom. The van der Waals surface area contributed by atoms with E-state index < -0.39 is 11.5 Å². The lowest BCUT2D eigenvalue weighted by atomic mass is 9.81. The van der Waals surface area contributed by atoms with Crippen LogP contribution < -0.4 is 15.6 Å². The fourth-order valence-electron chi connectivity index (χ4n) is 3.76. The number of hydrogen-bond acceptors (Lipinski definition) is 4.